The van der Waals surface area contributed by atoms with Crippen molar-refractivity contribution in [1.82, 2.24) is 15.0 Å². The molecule has 1 aliphatic heterocycles. The Kier molecular flexibility index (Phi) is 5.86. The summed E-state index contributed by atoms with van der Waals surface area (Å²) in [5, 5.41) is 3.90. The molecule has 0 bridgehead atoms. The molecule has 3 aromatic rings. The molecule has 1 saturated heterocycles. The lowest BCUT2D eigenvalue weighted by atomic mass is 10.1. The first-order valence-electron chi connectivity index (χ1n) is 9.82. The van der Waals surface area contributed by atoms with Gasteiger partial charge in [-0.3, -0.25) is 4.90 Å². The maximum atomic E-state index is 13.0. The molecule has 1 aromatic heterocycles. The van der Waals surface area contributed by atoms with Crippen LogP contribution in [0.15, 0.2) is 47.0 Å². The van der Waals surface area contributed by atoms with Crippen LogP contribution in [0.2, 0.25) is 0 Å². The Bertz CT molecular complexity index is 1050. The lowest BCUT2D eigenvalue weighted by molar-refractivity contribution is -0.137. The smallest absolute Gasteiger partial charge is 0.416 e. The van der Waals surface area contributed by atoms with Crippen LogP contribution in [-0.4, -0.2) is 42.3 Å². The molecule has 6 nitrogen and oxygen atoms in total. The van der Waals surface area contributed by atoms with E-state index < -0.39 is 11.7 Å². The Balaban J connectivity index is 1.46. The van der Waals surface area contributed by atoms with Crippen LogP contribution >= 0.6 is 0 Å². The number of para-hydroxylation sites is 1. The second-order valence-electron chi connectivity index (χ2n) is 7.41. The first kappa shape index (κ1) is 21.2. The highest BCUT2D eigenvalue weighted by Gasteiger charge is 2.32. The van der Waals surface area contributed by atoms with E-state index in [1.54, 1.807) is 20.3 Å². The van der Waals surface area contributed by atoms with Gasteiger partial charge in [-0.25, -0.2) is 0 Å². The van der Waals surface area contributed by atoms with E-state index in [9.17, 15) is 13.2 Å². The molecule has 1 atom stereocenters. The molecule has 0 spiro atoms. The fourth-order valence-corrected chi connectivity index (χ4v) is 3.85. The summed E-state index contributed by atoms with van der Waals surface area (Å²) in [7, 11) is 3.22. The van der Waals surface area contributed by atoms with E-state index in [1.807, 2.05) is 18.2 Å². The summed E-state index contributed by atoms with van der Waals surface area (Å²) in [6.45, 7) is 2.20. The Morgan fingerprint density at radius 3 is 2.68 bits per heavy atom. The van der Waals surface area contributed by atoms with Crippen molar-refractivity contribution in [2.45, 2.75) is 25.1 Å². The van der Waals surface area contributed by atoms with Crippen LogP contribution < -0.4 is 9.47 Å². The number of hydrogen-bond acceptors (Lipinski definition) is 6. The topological polar surface area (TPSA) is 60.6 Å². The predicted molar refractivity (Wildman–Crippen MR) is 107 cm³/mol. The number of aromatic nitrogens is 2. The highest BCUT2D eigenvalue weighted by Crippen LogP contribution is 2.35. The average Bonchev–Trinajstić information content (AvgIpc) is 3.42. The minimum atomic E-state index is -4.42. The lowest BCUT2D eigenvalue weighted by Crippen LogP contribution is -2.20. The second-order valence-corrected chi connectivity index (χ2v) is 7.41. The Morgan fingerprint density at radius 1 is 1.13 bits per heavy atom. The number of benzene rings is 2. The van der Waals surface area contributed by atoms with Crippen molar-refractivity contribution in [3.05, 3.63) is 59.5 Å². The summed E-state index contributed by atoms with van der Waals surface area (Å²) < 4.78 is 55.2. The molecule has 0 aliphatic carbocycles. The fourth-order valence-electron chi connectivity index (χ4n) is 3.85. The van der Waals surface area contributed by atoms with Gasteiger partial charge in [0, 0.05) is 24.2 Å². The highest BCUT2D eigenvalue weighted by atomic mass is 19.4. The summed E-state index contributed by atoms with van der Waals surface area (Å²) in [5.41, 5.74) is 0.550. The minimum absolute atomic E-state index is 0.0173. The second kappa shape index (κ2) is 8.58. The standard InChI is InChI=1S/C22H22F3N3O3/c1-29-18-8-4-6-15(19(18)30-2)12-28-10-9-16(13-28)21-26-20(27-31-21)14-5-3-7-17(11-14)22(23,24)25/h3-8,11,16H,9-10,12-13H2,1-2H3/t16-/m0/s1. The van der Waals surface area contributed by atoms with E-state index in [0.29, 0.717) is 30.5 Å². The van der Waals surface area contributed by atoms with Gasteiger partial charge in [0.15, 0.2) is 11.5 Å². The molecule has 0 N–H and O–H groups in total. The van der Waals surface area contributed by atoms with Crippen LogP contribution in [0.1, 0.15) is 29.4 Å². The van der Waals surface area contributed by atoms with Gasteiger partial charge in [0.25, 0.3) is 0 Å². The van der Waals surface area contributed by atoms with E-state index in [4.69, 9.17) is 14.0 Å². The van der Waals surface area contributed by atoms with E-state index in [0.717, 1.165) is 30.7 Å². The van der Waals surface area contributed by atoms with Crippen molar-refractivity contribution < 1.29 is 27.2 Å². The predicted octanol–water partition coefficient (Wildman–Crippen LogP) is 4.76. The van der Waals surface area contributed by atoms with Crippen molar-refractivity contribution in [2.75, 3.05) is 27.3 Å². The molecule has 0 amide bonds. The summed E-state index contributed by atoms with van der Waals surface area (Å²) >= 11 is 0. The largest absolute Gasteiger partial charge is 0.493 e. The zero-order chi connectivity index (χ0) is 22.0. The maximum Gasteiger partial charge on any atom is 0.416 e. The number of halogens is 3. The average molecular weight is 433 g/mol. The van der Waals surface area contributed by atoms with Gasteiger partial charge >= 0.3 is 6.18 Å². The lowest BCUT2D eigenvalue weighted by Gasteiger charge is -2.18. The monoisotopic (exact) mass is 433 g/mol. The van der Waals surface area contributed by atoms with Gasteiger partial charge < -0.3 is 14.0 Å². The van der Waals surface area contributed by atoms with Crippen molar-refractivity contribution in [3.8, 4) is 22.9 Å². The Labute approximate surface area is 177 Å². The van der Waals surface area contributed by atoms with E-state index in [2.05, 4.69) is 15.0 Å². The van der Waals surface area contributed by atoms with E-state index in [1.165, 1.54) is 6.07 Å². The van der Waals surface area contributed by atoms with Crippen LogP contribution in [0.3, 0.4) is 0 Å². The van der Waals surface area contributed by atoms with Crippen molar-refractivity contribution in [3.63, 3.8) is 0 Å². The number of nitrogens with zero attached hydrogens (tertiary/aromatic N) is 3. The summed E-state index contributed by atoms with van der Waals surface area (Å²) in [4.78, 5) is 6.62. The zero-order valence-electron chi connectivity index (χ0n) is 17.1. The third-order valence-electron chi connectivity index (χ3n) is 5.39. The summed E-state index contributed by atoms with van der Waals surface area (Å²) in [5.74, 6) is 2.00. The van der Waals surface area contributed by atoms with Crippen LogP contribution in [0.5, 0.6) is 11.5 Å². The van der Waals surface area contributed by atoms with E-state index >= 15 is 0 Å². The van der Waals surface area contributed by atoms with Gasteiger partial charge in [-0.05, 0) is 31.2 Å². The molecule has 0 saturated carbocycles. The molecule has 0 radical (unpaired) electrons. The molecule has 9 heteroatoms. The van der Waals surface area contributed by atoms with Crippen molar-refractivity contribution in [1.29, 1.82) is 0 Å². The zero-order valence-corrected chi connectivity index (χ0v) is 17.1. The van der Waals surface area contributed by atoms with Crippen molar-refractivity contribution >= 4 is 0 Å². The Morgan fingerprint density at radius 2 is 1.94 bits per heavy atom. The SMILES string of the molecule is COc1cccc(CN2CC[C@H](c3nc(-c4cccc(C(F)(F)F)c4)no3)C2)c1OC. The first-order valence-corrected chi connectivity index (χ1v) is 9.82. The number of methoxy groups -OCH3 is 2. The highest BCUT2D eigenvalue weighted by molar-refractivity contribution is 5.55. The van der Waals surface area contributed by atoms with Gasteiger partial charge in [0.2, 0.25) is 11.7 Å². The molecule has 31 heavy (non-hydrogen) atoms. The first-order chi connectivity index (χ1) is 14.9. The van der Waals surface area contributed by atoms with Crippen LogP contribution in [0, 0.1) is 0 Å². The molecule has 1 aliphatic rings. The van der Waals surface area contributed by atoms with Gasteiger partial charge in [-0.15, -0.1) is 0 Å². The molecule has 0 unspecified atom stereocenters. The van der Waals surface area contributed by atoms with Gasteiger partial charge in [0.05, 0.1) is 25.7 Å². The Hall–Kier alpha value is -3.07. The molecule has 2 aromatic carbocycles. The number of hydrogen-bond donors (Lipinski definition) is 0. The minimum Gasteiger partial charge on any atom is -0.493 e. The van der Waals surface area contributed by atoms with E-state index in [-0.39, 0.29) is 17.3 Å². The fraction of sp³-hybridized carbons (Fsp3) is 0.364. The third-order valence-corrected chi connectivity index (χ3v) is 5.39. The molecule has 164 valence electrons. The number of rotatable bonds is 6. The molecule has 2 heterocycles. The number of alkyl halides is 3. The van der Waals surface area contributed by atoms with Crippen LogP contribution in [0.4, 0.5) is 13.2 Å². The van der Waals surface area contributed by atoms with Gasteiger partial charge in [-0.1, -0.05) is 29.4 Å². The van der Waals surface area contributed by atoms with Crippen molar-refractivity contribution in [2.24, 2.45) is 0 Å². The maximum absolute atomic E-state index is 13.0. The third kappa shape index (κ3) is 4.51. The molecular formula is C22H22F3N3O3. The van der Waals surface area contributed by atoms with Gasteiger partial charge in [0.1, 0.15) is 0 Å². The number of ether oxygens (including phenoxy) is 2. The summed E-state index contributed by atoms with van der Waals surface area (Å²) in [6, 6.07) is 10.7. The molecule has 4 rings (SSSR count). The van der Waals surface area contributed by atoms with Gasteiger partial charge in [-0.2, -0.15) is 18.2 Å². The normalized spacial score (nSPS) is 17.1. The number of likely N-dealkylation sites (tertiary alicyclic amines) is 1. The molecule has 1 fully saturated rings. The van der Waals surface area contributed by atoms with Crippen LogP contribution in [0.25, 0.3) is 11.4 Å². The molecular weight excluding hydrogens is 411 g/mol. The van der Waals surface area contributed by atoms with Crippen LogP contribution in [-0.2, 0) is 12.7 Å². The summed E-state index contributed by atoms with van der Waals surface area (Å²) in [6.07, 6.45) is -3.60. The quantitative estimate of drug-likeness (QED) is 0.559.